The molecule has 22 heavy (non-hydrogen) atoms. The van der Waals surface area contributed by atoms with Crippen LogP contribution >= 0.6 is 0 Å². The van der Waals surface area contributed by atoms with Crippen molar-refractivity contribution < 1.29 is 17.9 Å². The summed E-state index contributed by atoms with van der Waals surface area (Å²) >= 11 is 0. The second-order valence-electron chi connectivity index (χ2n) is 5.64. The predicted molar refractivity (Wildman–Crippen MR) is 85.2 cm³/mol. The lowest BCUT2D eigenvalue weighted by atomic mass is 9.99. The second-order valence-corrected chi connectivity index (χ2v) is 7.79. The third-order valence-electron chi connectivity index (χ3n) is 4.05. The van der Waals surface area contributed by atoms with Gasteiger partial charge in [0.15, 0.2) is 9.84 Å². The van der Waals surface area contributed by atoms with Gasteiger partial charge in [0.05, 0.1) is 17.4 Å². The molecule has 0 saturated carbocycles. The highest BCUT2D eigenvalue weighted by atomic mass is 32.2. The first-order valence-corrected chi connectivity index (χ1v) is 9.30. The van der Waals surface area contributed by atoms with E-state index >= 15 is 0 Å². The van der Waals surface area contributed by atoms with Gasteiger partial charge in [-0.1, -0.05) is 6.08 Å². The Morgan fingerprint density at radius 3 is 2.55 bits per heavy atom. The first-order valence-electron chi connectivity index (χ1n) is 7.58. The second kappa shape index (κ2) is 6.69. The number of esters is 1. The largest absolute Gasteiger partial charge is 0.463 e. The van der Waals surface area contributed by atoms with Gasteiger partial charge < -0.3 is 9.30 Å². The minimum atomic E-state index is -3.47. The van der Waals surface area contributed by atoms with Crippen LogP contribution in [0.15, 0.2) is 23.8 Å². The van der Waals surface area contributed by atoms with E-state index in [2.05, 4.69) is 0 Å². The number of ether oxygens (including phenoxy) is 1. The van der Waals surface area contributed by atoms with E-state index in [0.717, 1.165) is 24.2 Å². The van der Waals surface area contributed by atoms with E-state index in [0.29, 0.717) is 12.0 Å². The van der Waals surface area contributed by atoms with Crippen molar-refractivity contribution in [3.63, 3.8) is 0 Å². The lowest BCUT2D eigenvalue weighted by Crippen LogP contribution is -2.33. The highest BCUT2D eigenvalue weighted by Gasteiger charge is 2.35. The molecule has 5 nitrogen and oxygen atoms in total. The van der Waals surface area contributed by atoms with Crippen LogP contribution in [0.4, 0.5) is 0 Å². The maximum absolute atomic E-state index is 12.8. The molecule has 0 N–H and O–H groups in total. The molecule has 1 heterocycles. The summed E-state index contributed by atoms with van der Waals surface area (Å²) < 4.78 is 32.4. The van der Waals surface area contributed by atoms with Crippen LogP contribution < -0.4 is 0 Å². The van der Waals surface area contributed by atoms with Gasteiger partial charge in [0.25, 0.3) is 0 Å². The first kappa shape index (κ1) is 16.8. The van der Waals surface area contributed by atoms with Gasteiger partial charge in [0, 0.05) is 11.4 Å². The van der Waals surface area contributed by atoms with Crippen molar-refractivity contribution in [3.05, 3.63) is 35.2 Å². The van der Waals surface area contributed by atoms with Crippen molar-refractivity contribution in [3.8, 4) is 0 Å². The highest BCUT2D eigenvalue weighted by molar-refractivity contribution is 7.91. The molecule has 0 bridgehead atoms. The lowest BCUT2D eigenvalue weighted by molar-refractivity contribution is -0.138. The van der Waals surface area contributed by atoms with E-state index in [4.69, 9.17) is 4.74 Å². The Labute approximate surface area is 131 Å². The van der Waals surface area contributed by atoms with Crippen molar-refractivity contribution in [2.75, 3.05) is 6.61 Å². The number of carbonyl (C=O) groups is 1. The Balaban J connectivity index is 2.29. The lowest BCUT2D eigenvalue weighted by Gasteiger charge is -2.24. The summed E-state index contributed by atoms with van der Waals surface area (Å²) in [6.45, 7) is 5.73. The van der Waals surface area contributed by atoms with Crippen LogP contribution in [0.25, 0.3) is 0 Å². The van der Waals surface area contributed by atoms with Gasteiger partial charge >= 0.3 is 5.97 Å². The number of hydrogen-bond donors (Lipinski definition) is 0. The van der Waals surface area contributed by atoms with Gasteiger partial charge in [-0.3, -0.25) is 0 Å². The summed E-state index contributed by atoms with van der Waals surface area (Å²) in [5.41, 5.74) is 2.10. The van der Waals surface area contributed by atoms with Gasteiger partial charge in [0.2, 0.25) is 0 Å². The zero-order chi connectivity index (χ0) is 16.3. The van der Waals surface area contributed by atoms with Gasteiger partial charge in [-0.15, -0.1) is 0 Å². The molecule has 1 aromatic heterocycles. The van der Waals surface area contributed by atoms with Crippen LogP contribution in [0.3, 0.4) is 0 Å². The molecule has 1 atom stereocenters. The van der Waals surface area contributed by atoms with E-state index in [9.17, 15) is 13.2 Å². The van der Waals surface area contributed by atoms with Crippen LogP contribution in [0.1, 0.15) is 37.6 Å². The molecule has 0 aromatic carbocycles. The van der Waals surface area contributed by atoms with Crippen molar-refractivity contribution in [1.29, 1.82) is 0 Å². The minimum Gasteiger partial charge on any atom is -0.463 e. The predicted octanol–water partition coefficient (Wildman–Crippen LogP) is 2.52. The van der Waals surface area contributed by atoms with E-state index in [-0.39, 0.29) is 12.5 Å². The highest BCUT2D eigenvalue weighted by Crippen LogP contribution is 2.28. The van der Waals surface area contributed by atoms with Gasteiger partial charge in [-0.05, 0) is 52.2 Å². The number of aryl methyl sites for hydroxylation is 2. The zero-order valence-electron chi connectivity index (χ0n) is 13.3. The molecule has 0 amide bonds. The third kappa shape index (κ3) is 3.43. The van der Waals surface area contributed by atoms with Crippen LogP contribution in [-0.2, 0) is 25.2 Å². The molecule has 122 valence electrons. The molecule has 0 aliphatic heterocycles. The van der Waals surface area contributed by atoms with Crippen LogP contribution in [0, 0.1) is 13.8 Å². The molecule has 1 aromatic rings. The Kier molecular flexibility index (Phi) is 5.11. The van der Waals surface area contributed by atoms with Gasteiger partial charge in [0.1, 0.15) is 5.88 Å². The molecule has 2 rings (SSSR count). The number of aromatic nitrogens is 1. The van der Waals surface area contributed by atoms with Crippen molar-refractivity contribution in [1.82, 2.24) is 4.57 Å². The Morgan fingerprint density at radius 1 is 1.32 bits per heavy atom. The topological polar surface area (TPSA) is 65.4 Å². The molecular formula is C16H23NO4S. The summed E-state index contributed by atoms with van der Waals surface area (Å²) in [5, 5.41) is -0.763. The molecule has 1 unspecified atom stereocenters. The number of sulfone groups is 1. The number of carbonyl (C=O) groups excluding carboxylic acids is 1. The fourth-order valence-electron chi connectivity index (χ4n) is 2.82. The summed E-state index contributed by atoms with van der Waals surface area (Å²) in [6.07, 6.45) is 3.70. The molecule has 0 radical (unpaired) electrons. The maximum Gasteiger partial charge on any atom is 0.335 e. The molecule has 0 saturated heterocycles. The third-order valence-corrected chi connectivity index (χ3v) is 6.03. The maximum atomic E-state index is 12.8. The van der Waals surface area contributed by atoms with Crippen LogP contribution in [0.5, 0.6) is 0 Å². The summed E-state index contributed by atoms with van der Waals surface area (Å²) in [4.78, 5) is 12.0. The Morgan fingerprint density at radius 2 is 1.95 bits per heavy atom. The molecule has 1 aliphatic rings. The van der Waals surface area contributed by atoms with E-state index in [1.54, 1.807) is 17.6 Å². The summed E-state index contributed by atoms with van der Waals surface area (Å²) in [5.74, 6) is -0.601. The van der Waals surface area contributed by atoms with Crippen molar-refractivity contribution in [2.45, 2.75) is 51.2 Å². The number of nitrogens with zero attached hydrogens (tertiary/aromatic N) is 1. The molecule has 1 aliphatic carbocycles. The number of allylic oxidation sites excluding steroid dienone is 1. The average molecular weight is 325 g/mol. The van der Waals surface area contributed by atoms with E-state index in [1.165, 1.54) is 0 Å². The SMILES string of the molecule is CCOC(=O)C1=CCCCC1S(=O)(=O)Cn1c(C)ccc1C. The van der Waals surface area contributed by atoms with E-state index < -0.39 is 21.1 Å². The first-order chi connectivity index (χ1) is 10.4. The molecule has 6 heteroatoms. The molecule has 0 spiro atoms. The van der Waals surface area contributed by atoms with Crippen LogP contribution in [-0.4, -0.2) is 30.8 Å². The minimum absolute atomic E-state index is 0.0981. The van der Waals surface area contributed by atoms with Crippen molar-refractivity contribution in [2.24, 2.45) is 0 Å². The fourth-order valence-corrected chi connectivity index (χ4v) is 4.88. The molecule has 0 fully saturated rings. The number of hydrogen-bond acceptors (Lipinski definition) is 4. The monoisotopic (exact) mass is 325 g/mol. The van der Waals surface area contributed by atoms with Crippen molar-refractivity contribution >= 4 is 15.8 Å². The number of rotatable bonds is 5. The van der Waals surface area contributed by atoms with Gasteiger partial charge in [-0.2, -0.15) is 0 Å². The van der Waals surface area contributed by atoms with Gasteiger partial charge in [-0.25, -0.2) is 13.2 Å². The average Bonchev–Trinajstić information content (AvgIpc) is 2.79. The summed E-state index contributed by atoms with van der Waals surface area (Å²) in [7, 11) is -3.47. The standard InChI is InChI=1S/C16H23NO4S/c1-4-21-16(18)14-7-5-6-8-15(14)22(19,20)11-17-12(2)9-10-13(17)3/h7,9-10,15H,4-6,8,11H2,1-3H3. The van der Waals surface area contributed by atoms with Crippen LogP contribution in [0.2, 0.25) is 0 Å². The summed E-state index contributed by atoms with van der Waals surface area (Å²) in [6, 6.07) is 3.79. The smallest absolute Gasteiger partial charge is 0.335 e. The molecular weight excluding hydrogens is 302 g/mol. The Hall–Kier alpha value is -1.56. The van der Waals surface area contributed by atoms with E-state index in [1.807, 2.05) is 26.0 Å². The quantitative estimate of drug-likeness (QED) is 0.780. The Bertz CT molecular complexity index is 665. The fraction of sp³-hybridized carbons (Fsp3) is 0.562. The normalized spacial score (nSPS) is 18.9. The zero-order valence-corrected chi connectivity index (χ0v) is 14.1.